The van der Waals surface area contributed by atoms with E-state index < -0.39 is 0 Å². The minimum Gasteiger partial charge on any atom is -0.496 e. The molecule has 1 aromatic rings. The summed E-state index contributed by atoms with van der Waals surface area (Å²) in [6.45, 7) is 4.08. The lowest BCUT2D eigenvalue weighted by Gasteiger charge is -2.30. The Labute approximate surface area is 118 Å². The Bertz CT molecular complexity index is 397. The van der Waals surface area contributed by atoms with Gasteiger partial charge in [0.15, 0.2) is 0 Å². The largest absolute Gasteiger partial charge is 0.496 e. The summed E-state index contributed by atoms with van der Waals surface area (Å²) >= 11 is 1.41. The van der Waals surface area contributed by atoms with Crippen LogP contribution in [0.15, 0.2) is 11.4 Å². The minimum atomic E-state index is -0.00106. The van der Waals surface area contributed by atoms with E-state index in [9.17, 15) is 4.79 Å². The lowest BCUT2D eigenvalue weighted by atomic mass is 9.95. The fourth-order valence-corrected chi connectivity index (χ4v) is 2.72. The first-order chi connectivity index (χ1) is 8.20. The van der Waals surface area contributed by atoms with E-state index in [1.54, 1.807) is 13.2 Å². The highest BCUT2D eigenvalue weighted by Gasteiger charge is 2.23. The van der Waals surface area contributed by atoms with Crippen molar-refractivity contribution in [1.82, 2.24) is 10.6 Å². The van der Waals surface area contributed by atoms with E-state index in [1.807, 2.05) is 5.38 Å². The molecule has 1 aliphatic heterocycles. The number of carbonyl (C=O) groups is 1. The molecule has 2 unspecified atom stereocenters. The van der Waals surface area contributed by atoms with Gasteiger partial charge in [0.05, 0.1) is 12.0 Å². The number of hydrogen-bond acceptors (Lipinski definition) is 4. The van der Waals surface area contributed by atoms with Gasteiger partial charge < -0.3 is 15.4 Å². The summed E-state index contributed by atoms with van der Waals surface area (Å²) in [6.07, 6.45) is 1.11. The molecule has 1 aromatic heterocycles. The number of thiophene rings is 1. The maximum Gasteiger partial charge on any atom is 0.261 e. The Morgan fingerprint density at radius 3 is 3.00 bits per heavy atom. The van der Waals surface area contributed by atoms with Crippen LogP contribution < -0.4 is 15.4 Å². The zero-order chi connectivity index (χ0) is 12.3. The Kier molecular flexibility index (Phi) is 5.91. The molecule has 2 N–H and O–H groups in total. The number of carbonyl (C=O) groups excluding carboxylic acids is 1. The Morgan fingerprint density at radius 2 is 2.39 bits per heavy atom. The van der Waals surface area contributed by atoms with Crippen molar-refractivity contribution in [2.24, 2.45) is 5.92 Å². The van der Waals surface area contributed by atoms with E-state index in [4.69, 9.17) is 4.74 Å². The van der Waals surface area contributed by atoms with Gasteiger partial charge in [-0.15, -0.1) is 23.7 Å². The summed E-state index contributed by atoms with van der Waals surface area (Å²) in [6, 6.07) is 2.00. The molecule has 1 saturated heterocycles. The number of hydrogen-bond donors (Lipinski definition) is 2. The molecule has 4 nitrogen and oxygen atoms in total. The van der Waals surface area contributed by atoms with E-state index in [1.165, 1.54) is 11.3 Å². The van der Waals surface area contributed by atoms with Crippen molar-refractivity contribution >= 4 is 29.7 Å². The highest BCUT2D eigenvalue weighted by Crippen LogP contribution is 2.21. The molecule has 1 aliphatic rings. The highest BCUT2D eigenvalue weighted by atomic mass is 35.5. The van der Waals surface area contributed by atoms with Crippen LogP contribution in [-0.2, 0) is 0 Å². The van der Waals surface area contributed by atoms with Crippen LogP contribution in [0, 0.1) is 5.92 Å². The van der Waals surface area contributed by atoms with E-state index in [0.29, 0.717) is 10.8 Å². The summed E-state index contributed by atoms with van der Waals surface area (Å²) in [5.41, 5.74) is 0. The first kappa shape index (κ1) is 15.3. The maximum absolute atomic E-state index is 12.0. The topological polar surface area (TPSA) is 50.4 Å². The van der Waals surface area contributed by atoms with Gasteiger partial charge in [0, 0.05) is 24.0 Å². The number of rotatable bonds is 3. The molecule has 1 fully saturated rings. The highest BCUT2D eigenvalue weighted by molar-refractivity contribution is 7.12. The molecule has 0 saturated carbocycles. The Hall–Kier alpha value is -0.780. The minimum absolute atomic E-state index is 0. The normalized spacial score (nSPS) is 23.0. The van der Waals surface area contributed by atoms with Crippen molar-refractivity contribution in [3.8, 4) is 5.75 Å². The zero-order valence-corrected chi connectivity index (χ0v) is 12.2. The van der Waals surface area contributed by atoms with Crippen molar-refractivity contribution in [2.75, 3.05) is 20.2 Å². The van der Waals surface area contributed by atoms with Gasteiger partial charge in [-0.2, -0.15) is 0 Å². The third-order valence-electron chi connectivity index (χ3n) is 3.18. The number of ether oxygens (including phenoxy) is 1. The quantitative estimate of drug-likeness (QED) is 0.894. The molecule has 0 bridgehead atoms. The van der Waals surface area contributed by atoms with Gasteiger partial charge in [0.1, 0.15) is 5.75 Å². The first-order valence-electron chi connectivity index (χ1n) is 5.85. The van der Waals surface area contributed by atoms with Gasteiger partial charge in [-0.3, -0.25) is 4.79 Å². The third kappa shape index (κ3) is 3.60. The molecule has 2 rings (SSSR count). The van der Waals surface area contributed by atoms with Crippen molar-refractivity contribution in [1.29, 1.82) is 0 Å². The average molecular weight is 291 g/mol. The van der Waals surface area contributed by atoms with Gasteiger partial charge in [-0.05, 0) is 18.9 Å². The predicted octanol–water partition coefficient (Wildman–Crippen LogP) is 1.91. The lowest BCUT2D eigenvalue weighted by molar-refractivity contribution is 0.0919. The smallest absolute Gasteiger partial charge is 0.261 e. The van der Waals surface area contributed by atoms with Crippen molar-refractivity contribution in [3.05, 3.63) is 16.3 Å². The predicted molar refractivity (Wildman–Crippen MR) is 76.0 cm³/mol. The van der Waals surface area contributed by atoms with Crippen molar-refractivity contribution < 1.29 is 9.53 Å². The van der Waals surface area contributed by atoms with Gasteiger partial charge >= 0.3 is 0 Å². The molecule has 2 heterocycles. The molecular formula is C12H19ClN2O2S. The van der Waals surface area contributed by atoms with Crippen molar-refractivity contribution in [2.45, 2.75) is 19.4 Å². The Morgan fingerprint density at radius 1 is 1.61 bits per heavy atom. The van der Waals surface area contributed by atoms with Gasteiger partial charge in [-0.1, -0.05) is 6.92 Å². The van der Waals surface area contributed by atoms with E-state index >= 15 is 0 Å². The lowest BCUT2D eigenvalue weighted by Crippen LogP contribution is -2.50. The first-order valence-corrected chi connectivity index (χ1v) is 6.72. The van der Waals surface area contributed by atoms with Crippen LogP contribution in [0.2, 0.25) is 0 Å². The monoisotopic (exact) mass is 290 g/mol. The maximum atomic E-state index is 12.0. The standard InChI is InChI=1S/C12H18N2O2S.ClH/c1-8-3-4-13-6-10(8)14-12(15)11-5-9(16-2)7-17-11;/h5,7-8,10,13H,3-4,6H2,1-2H3,(H,14,15);1H. The SMILES string of the molecule is COc1csc(C(=O)NC2CNCCC2C)c1.Cl. The molecule has 0 aliphatic carbocycles. The zero-order valence-electron chi connectivity index (χ0n) is 10.6. The van der Waals surface area contributed by atoms with E-state index in [2.05, 4.69) is 17.6 Å². The molecule has 0 aromatic carbocycles. The molecule has 6 heteroatoms. The number of nitrogens with one attached hydrogen (secondary N) is 2. The number of halogens is 1. The molecule has 18 heavy (non-hydrogen) atoms. The number of amides is 1. The third-order valence-corrected chi connectivity index (χ3v) is 4.09. The second-order valence-corrected chi connectivity index (χ2v) is 5.31. The molecule has 2 atom stereocenters. The van der Waals surface area contributed by atoms with Crippen LogP contribution in [0.25, 0.3) is 0 Å². The molecular weight excluding hydrogens is 272 g/mol. The summed E-state index contributed by atoms with van der Waals surface area (Å²) in [5.74, 6) is 1.27. The van der Waals surface area contributed by atoms with E-state index in [-0.39, 0.29) is 24.4 Å². The number of piperidine rings is 1. The molecule has 1 amide bonds. The number of methoxy groups -OCH3 is 1. The Balaban J connectivity index is 0.00000162. The van der Waals surface area contributed by atoms with Gasteiger partial charge in [0.2, 0.25) is 0 Å². The van der Waals surface area contributed by atoms with Crippen LogP contribution >= 0.6 is 23.7 Å². The fraction of sp³-hybridized carbons (Fsp3) is 0.583. The van der Waals surface area contributed by atoms with Crippen LogP contribution in [0.4, 0.5) is 0 Å². The summed E-state index contributed by atoms with van der Waals surface area (Å²) < 4.78 is 5.07. The average Bonchev–Trinajstić information content (AvgIpc) is 2.81. The molecule has 0 spiro atoms. The van der Waals surface area contributed by atoms with Crippen LogP contribution in [0.5, 0.6) is 5.75 Å². The molecule has 102 valence electrons. The summed E-state index contributed by atoms with van der Waals surface area (Å²) in [5, 5.41) is 8.22. The fourth-order valence-electron chi connectivity index (χ4n) is 1.97. The van der Waals surface area contributed by atoms with Crippen molar-refractivity contribution in [3.63, 3.8) is 0 Å². The van der Waals surface area contributed by atoms with Gasteiger partial charge in [-0.25, -0.2) is 0 Å². The van der Waals surface area contributed by atoms with E-state index in [0.717, 1.165) is 25.3 Å². The summed E-state index contributed by atoms with van der Waals surface area (Å²) in [7, 11) is 1.61. The van der Waals surface area contributed by atoms with Crippen LogP contribution in [0.1, 0.15) is 23.0 Å². The molecule has 0 radical (unpaired) electrons. The summed E-state index contributed by atoms with van der Waals surface area (Å²) in [4.78, 5) is 12.7. The van der Waals surface area contributed by atoms with Crippen LogP contribution in [-0.4, -0.2) is 32.1 Å². The van der Waals surface area contributed by atoms with Gasteiger partial charge in [0.25, 0.3) is 5.91 Å². The van der Waals surface area contributed by atoms with Crippen LogP contribution in [0.3, 0.4) is 0 Å². The second-order valence-electron chi connectivity index (χ2n) is 4.40. The second kappa shape index (κ2) is 6.97.